The average Bonchev–Trinajstić information content (AvgIpc) is 2.20. The van der Waals surface area contributed by atoms with Gasteiger partial charge in [-0.3, -0.25) is 9.29 Å². The van der Waals surface area contributed by atoms with E-state index < -0.39 is 0 Å². The van der Waals surface area contributed by atoms with Gasteiger partial charge < -0.3 is 4.74 Å². The highest BCUT2D eigenvalue weighted by molar-refractivity contribution is 5.32. The first-order chi connectivity index (χ1) is 8.17. The minimum atomic E-state index is -0.186. The van der Waals surface area contributed by atoms with Crippen molar-refractivity contribution in [3.63, 3.8) is 0 Å². The summed E-state index contributed by atoms with van der Waals surface area (Å²) in [5.41, 5.74) is 2.45. The van der Waals surface area contributed by atoms with Crippen LogP contribution in [0.4, 0.5) is 4.39 Å². The standard InChI is InChI=1S/C14H20FNO/c1-11-5-12(2)7-14(6-11)17-4-3-16-9-13(8-15)10-16/h5-7,13H,3-4,8-10H2,1-2H3. The van der Waals surface area contributed by atoms with Crippen LogP contribution in [-0.4, -0.2) is 37.8 Å². The van der Waals surface area contributed by atoms with Crippen LogP contribution in [0.1, 0.15) is 11.1 Å². The molecular weight excluding hydrogens is 217 g/mol. The normalized spacial score (nSPS) is 16.9. The molecule has 2 nitrogen and oxygen atoms in total. The highest BCUT2D eigenvalue weighted by atomic mass is 19.1. The Morgan fingerprint density at radius 2 is 1.88 bits per heavy atom. The Morgan fingerprint density at radius 3 is 2.47 bits per heavy atom. The number of rotatable bonds is 5. The van der Waals surface area contributed by atoms with E-state index in [4.69, 9.17) is 4.74 Å². The van der Waals surface area contributed by atoms with Crippen LogP contribution in [0.5, 0.6) is 5.75 Å². The van der Waals surface area contributed by atoms with Gasteiger partial charge >= 0.3 is 0 Å². The van der Waals surface area contributed by atoms with E-state index in [-0.39, 0.29) is 12.6 Å². The summed E-state index contributed by atoms with van der Waals surface area (Å²) in [5, 5.41) is 0. The SMILES string of the molecule is Cc1cc(C)cc(OCCN2CC(CF)C2)c1. The minimum absolute atomic E-state index is 0.186. The third kappa shape index (κ3) is 3.43. The van der Waals surface area contributed by atoms with Gasteiger partial charge in [-0.05, 0) is 37.1 Å². The Hall–Kier alpha value is -1.09. The fraction of sp³-hybridized carbons (Fsp3) is 0.571. The van der Waals surface area contributed by atoms with Gasteiger partial charge in [0.15, 0.2) is 0 Å². The topological polar surface area (TPSA) is 12.5 Å². The first-order valence-corrected chi connectivity index (χ1v) is 6.17. The maximum Gasteiger partial charge on any atom is 0.119 e. The van der Waals surface area contributed by atoms with Gasteiger partial charge in [0.25, 0.3) is 0 Å². The molecule has 1 fully saturated rings. The van der Waals surface area contributed by atoms with Crippen molar-refractivity contribution in [2.24, 2.45) is 5.92 Å². The smallest absolute Gasteiger partial charge is 0.119 e. The molecule has 1 aromatic carbocycles. The first kappa shape index (κ1) is 12.4. The molecule has 0 aromatic heterocycles. The molecule has 1 heterocycles. The summed E-state index contributed by atoms with van der Waals surface area (Å²) in [4.78, 5) is 2.23. The van der Waals surface area contributed by atoms with Gasteiger partial charge in [-0.2, -0.15) is 0 Å². The molecule has 1 aliphatic rings. The van der Waals surface area contributed by atoms with E-state index in [1.165, 1.54) is 11.1 Å². The lowest BCUT2D eigenvalue weighted by Crippen LogP contribution is -2.49. The molecule has 1 saturated heterocycles. The van der Waals surface area contributed by atoms with Crippen LogP contribution in [0.2, 0.25) is 0 Å². The number of benzene rings is 1. The molecule has 0 spiro atoms. The van der Waals surface area contributed by atoms with Crippen LogP contribution in [-0.2, 0) is 0 Å². The van der Waals surface area contributed by atoms with Gasteiger partial charge in [-0.25, -0.2) is 0 Å². The van der Waals surface area contributed by atoms with Gasteiger partial charge in [0.2, 0.25) is 0 Å². The molecule has 94 valence electrons. The number of likely N-dealkylation sites (tertiary alicyclic amines) is 1. The van der Waals surface area contributed by atoms with E-state index in [9.17, 15) is 4.39 Å². The van der Waals surface area contributed by atoms with Crippen LogP contribution in [0.15, 0.2) is 18.2 Å². The molecule has 1 aromatic rings. The number of alkyl halides is 1. The van der Waals surface area contributed by atoms with Crippen LogP contribution >= 0.6 is 0 Å². The van der Waals surface area contributed by atoms with Gasteiger partial charge in [0.1, 0.15) is 12.4 Å². The molecule has 2 rings (SSSR count). The molecule has 3 heteroatoms. The summed E-state index contributed by atoms with van der Waals surface area (Å²) < 4.78 is 17.9. The summed E-state index contributed by atoms with van der Waals surface area (Å²) in [7, 11) is 0. The third-order valence-electron chi connectivity index (χ3n) is 3.12. The fourth-order valence-electron chi connectivity index (χ4n) is 2.27. The molecule has 1 aliphatic heterocycles. The summed E-state index contributed by atoms with van der Waals surface area (Å²) >= 11 is 0. The predicted molar refractivity (Wildman–Crippen MR) is 67.3 cm³/mol. The van der Waals surface area contributed by atoms with E-state index in [2.05, 4.69) is 24.8 Å². The van der Waals surface area contributed by atoms with Gasteiger partial charge in [-0.1, -0.05) is 6.07 Å². The number of hydrogen-bond donors (Lipinski definition) is 0. The minimum Gasteiger partial charge on any atom is -0.492 e. The van der Waals surface area contributed by atoms with Crippen molar-refractivity contribution in [3.05, 3.63) is 29.3 Å². The lowest BCUT2D eigenvalue weighted by molar-refractivity contribution is 0.0668. The Labute approximate surface area is 102 Å². The summed E-state index contributed by atoms with van der Waals surface area (Å²) in [6, 6.07) is 6.23. The zero-order valence-electron chi connectivity index (χ0n) is 10.6. The van der Waals surface area contributed by atoms with Crippen molar-refractivity contribution in [1.82, 2.24) is 4.90 Å². The second-order valence-electron chi connectivity index (χ2n) is 4.95. The van der Waals surface area contributed by atoms with Crippen LogP contribution in [0, 0.1) is 19.8 Å². The van der Waals surface area contributed by atoms with Gasteiger partial charge in [0.05, 0.1) is 6.67 Å². The van der Waals surface area contributed by atoms with Crippen molar-refractivity contribution in [1.29, 1.82) is 0 Å². The molecule has 0 N–H and O–H groups in total. The molecule has 0 unspecified atom stereocenters. The van der Waals surface area contributed by atoms with E-state index in [1.807, 2.05) is 12.1 Å². The number of halogens is 1. The zero-order valence-corrected chi connectivity index (χ0v) is 10.6. The molecule has 0 radical (unpaired) electrons. The molecule has 0 bridgehead atoms. The van der Waals surface area contributed by atoms with Crippen molar-refractivity contribution >= 4 is 0 Å². The number of ether oxygens (including phenoxy) is 1. The van der Waals surface area contributed by atoms with Crippen molar-refractivity contribution < 1.29 is 9.13 Å². The second kappa shape index (κ2) is 5.50. The monoisotopic (exact) mass is 237 g/mol. The average molecular weight is 237 g/mol. The second-order valence-corrected chi connectivity index (χ2v) is 4.95. The van der Waals surface area contributed by atoms with E-state index >= 15 is 0 Å². The molecule has 0 amide bonds. The van der Waals surface area contributed by atoms with Crippen LogP contribution in [0.3, 0.4) is 0 Å². The summed E-state index contributed by atoms with van der Waals surface area (Å²) in [6.45, 7) is 7.29. The lowest BCUT2D eigenvalue weighted by Gasteiger charge is -2.37. The number of nitrogens with zero attached hydrogens (tertiary/aromatic N) is 1. The molecule has 0 atom stereocenters. The van der Waals surface area contributed by atoms with E-state index in [1.54, 1.807) is 0 Å². The Kier molecular flexibility index (Phi) is 4.00. The number of aryl methyl sites for hydroxylation is 2. The highest BCUT2D eigenvalue weighted by Gasteiger charge is 2.25. The summed E-state index contributed by atoms with van der Waals surface area (Å²) in [6.07, 6.45) is 0. The Balaban J connectivity index is 1.71. The largest absolute Gasteiger partial charge is 0.492 e. The molecule has 17 heavy (non-hydrogen) atoms. The lowest BCUT2D eigenvalue weighted by atomic mass is 10.0. The fourth-order valence-corrected chi connectivity index (χ4v) is 2.27. The van der Waals surface area contributed by atoms with Crippen molar-refractivity contribution in [2.45, 2.75) is 13.8 Å². The van der Waals surface area contributed by atoms with Crippen LogP contribution in [0.25, 0.3) is 0 Å². The number of hydrogen-bond acceptors (Lipinski definition) is 2. The molecular formula is C14H20FNO. The Bertz CT molecular complexity index is 354. The Morgan fingerprint density at radius 1 is 1.24 bits per heavy atom. The predicted octanol–water partition coefficient (Wildman–Crippen LogP) is 2.58. The van der Waals surface area contributed by atoms with Crippen LogP contribution < -0.4 is 4.74 Å². The maximum absolute atomic E-state index is 12.2. The van der Waals surface area contributed by atoms with Gasteiger partial charge in [-0.15, -0.1) is 0 Å². The van der Waals surface area contributed by atoms with Gasteiger partial charge in [0, 0.05) is 25.6 Å². The highest BCUT2D eigenvalue weighted by Crippen LogP contribution is 2.18. The first-order valence-electron chi connectivity index (χ1n) is 6.17. The maximum atomic E-state index is 12.2. The third-order valence-corrected chi connectivity index (χ3v) is 3.12. The molecule has 0 saturated carbocycles. The zero-order chi connectivity index (χ0) is 12.3. The van der Waals surface area contributed by atoms with E-state index in [0.29, 0.717) is 6.61 Å². The quantitative estimate of drug-likeness (QED) is 0.780. The van der Waals surface area contributed by atoms with E-state index in [0.717, 1.165) is 25.4 Å². The summed E-state index contributed by atoms with van der Waals surface area (Å²) in [5.74, 6) is 1.20. The van der Waals surface area contributed by atoms with Crippen molar-refractivity contribution in [2.75, 3.05) is 32.9 Å². The molecule has 0 aliphatic carbocycles. The van der Waals surface area contributed by atoms with Crippen molar-refractivity contribution in [3.8, 4) is 5.75 Å².